The number of carbonyl (C=O) groups excluding carboxylic acids is 2. The highest BCUT2D eigenvalue weighted by molar-refractivity contribution is 7.09. The Morgan fingerprint density at radius 2 is 2.29 bits per heavy atom. The molecule has 1 aliphatic rings. The number of halogens is 1. The van der Waals surface area contributed by atoms with Crippen LogP contribution in [-0.2, 0) is 22.6 Å². The predicted octanol–water partition coefficient (Wildman–Crippen LogP) is 2.89. The van der Waals surface area contributed by atoms with Crippen LogP contribution in [-0.4, -0.2) is 29.4 Å². The largest absolute Gasteiger partial charge is 0.497 e. The third kappa shape index (κ3) is 5.07. The summed E-state index contributed by atoms with van der Waals surface area (Å²) in [4.78, 5) is 28.5. The Balaban J connectivity index is 1.63. The van der Waals surface area contributed by atoms with Crippen molar-refractivity contribution in [1.29, 1.82) is 0 Å². The van der Waals surface area contributed by atoms with Gasteiger partial charge in [-0.2, -0.15) is 0 Å². The molecule has 3 rings (SSSR count). The Kier molecular flexibility index (Phi) is 6.28. The molecule has 6 nitrogen and oxygen atoms in total. The first-order valence-corrected chi connectivity index (χ1v) is 10.1. The Hall–Kier alpha value is -2.48. The topological polar surface area (TPSA) is 80.3 Å². The van der Waals surface area contributed by atoms with E-state index < -0.39 is 5.54 Å². The maximum absolute atomic E-state index is 14.3. The van der Waals surface area contributed by atoms with Crippen LogP contribution in [0.15, 0.2) is 23.6 Å². The average molecular weight is 405 g/mol. The van der Waals surface area contributed by atoms with Crippen molar-refractivity contribution in [3.05, 3.63) is 45.7 Å². The first-order valence-electron chi connectivity index (χ1n) is 9.20. The zero-order valence-corrected chi connectivity index (χ0v) is 16.8. The van der Waals surface area contributed by atoms with E-state index in [-0.39, 0.29) is 24.1 Å². The molecule has 2 aromatic rings. The lowest BCUT2D eigenvalue weighted by Gasteiger charge is -2.29. The predicted molar refractivity (Wildman–Crippen MR) is 105 cm³/mol. The summed E-state index contributed by atoms with van der Waals surface area (Å²) < 4.78 is 19.5. The van der Waals surface area contributed by atoms with E-state index >= 15 is 0 Å². The van der Waals surface area contributed by atoms with Crippen LogP contribution in [0.1, 0.15) is 41.9 Å². The number of benzene rings is 1. The summed E-state index contributed by atoms with van der Waals surface area (Å²) >= 11 is 1.50. The highest BCUT2D eigenvalue weighted by Gasteiger charge is 2.38. The van der Waals surface area contributed by atoms with Crippen LogP contribution in [0.5, 0.6) is 5.75 Å². The number of hydrogen-bond donors (Lipinski definition) is 2. The third-order valence-corrected chi connectivity index (χ3v) is 5.92. The van der Waals surface area contributed by atoms with Crippen molar-refractivity contribution < 1.29 is 18.7 Å². The molecule has 0 saturated carbocycles. The molecule has 0 aliphatic carbocycles. The molecule has 0 unspecified atom stereocenters. The molecule has 2 N–H and O–H groups in total. The zero-order chi connectivity index (χ0) is 20.1. The van der Waals surface area contributed by atoms with Crippen LogP contribution in [0.4, 0.5) is 4.39 Å². The standard InChI is InChI=1S/C20H24FN3O3S/c1-13-12-28-19(23-13)11-22-17(25)5-7-20(8-6-18(26)24-20)10-14-9-15(27-2)3-4-16(14)21/h3-4,9,12H,5-8,10-11H2,1-2H3,(H,22,25)(H,24,26)/t20-/m1/s1. The molecule has 1 fully saturated rings. The van der Waals surface area contributed by atoms with E-state index in [4.69, 9.17) is 4.74 Å². The summed E-state index contributed by atoms with van der Waals surface area (Å²) in [6.07, 6.45) is 1.96. The van der Waals surface area contributed by atoms with Crippen molar-refractivity contribution in [3.63, 3.8) is 0 Å². The number of carbonyl (C=O) groups is 2. The number of rotatable bonds is 8. The van der Waals surface area contributed by atoms with Gasteiger partial charge < -0.3 is 15.4 Å². The van der Waals surface area contributed by atoms with Crippen molar-refractivity contribution in [2.24, 2.45) is 0 Å². The van der Waals surface area contributed by atoms with Gasteiger partial charge in [-0.05, 0) is 49.9 Å². The summed E-state index contributed by atoms with van der Waals surface area (Å²) in [5, 5.41) is 8.63. The van der Waals surface area contributed by atoms with Crippen LogP contribution in [0.3, 0.4) is 0 Å². The average Bonchev–Trinajstić information content (AvgIpc) is 3.26. The second-order valence-electron chi connectivity index (χ2n) is 7.12. The minimum Gasteiger partial charge on any atom is -0.497 e. The lowest BCUT2D eigenvalue weighted by atomic mass is 9.84. The monoisotopic (exact) mass is 405 g/mol. The minimum absolute atomic E-state index is 0.0676. The minimum atomic E-state index is -0.626. The second-order valence-corrected chi connectivity index (χ2v) is 8.06. The number of amides is 2. The van der Waals surface area contributed by atoms with Crippen LogP contribution in [0, 0.1) is 12.7 Å². The molecule has 150 valence electrons. The van der Waals surface area contributed by atoms with Gasteiger partial charge in [-0.1, -0.05) is 0 Å². The molecule has 28 heavy (non-hydrogen) atoms. The summed E-state index contributed by atoms with van der Waals surface area (Å²) in [6, 6.07) is 4.57. The molecule has 0 radical (unpaired) electrons. The quantitative estimate of drug-likeness (QED) is 0.708. The van der Waals surface area contributed by atoms with Gasteiger partial charge in [-0.15, -0.1) is 11.3 Å². The van der Waals surface area contributed by atoms with E-state index in [9.17, 15) is 14.0 Å². The molecular weight excluding hydrogens is 381 g/mol. The van der Waals surface area contributed by atoms with E-state index in [1.807, 2.05) is 12.3 Å². The molecule has 2 amide bonds. The van der Waals surface area contributed by atoms with Gasteiger partial charge in [0, 0.05) is 29.5 Å². The van der Waals surface area contributed by atoms with Gasteiger partial charge in [0.05, 0.1) is 13.7 Å². The van der Waals surface area contributed by atoms with Gasteiger partial charge in [0.25, 0.3) is 0 Å². The zero-order valence-electron chi connectivity index (χ0n) is 16.0. The molecule has 0 spiro atoms. The fourth-order valence-corrected chi connectivity index (χ4v) is 4.17. The highest BCUT2D eigenvalue weighted by Crippen LogP contribution is 2.31. The van der Waals surface area contributed by atoms with Crippen LogP contribution in [0.2, 0.25) is 0 Å². The number of nitrogens with zero attached hydrogens (tertiary/aromatic N) is 1. The molecule has 8 heteroatoms. The molecule has 1 saturated heterocycles. The van der Waals surface area contributed by atoms with Crippen LogP contribution in [0.25, 0.3) is 0 Å². The molecule has 1 aliphatic heterocycles. The van der Waals surface area contributed by atoms with E-state index in [2.05, 4.69) is 15.6 Å². The summed E-state index contributed by atoms with van der Waals surface area (Å²) in [7, 11) is 1.53. The van der Waals surface area contributed by atoms with E-state index in [1.165, 1.54) is 24.5 Å². The number of nitrogens with one attached hydrogen (secondary N) is 2. The van der Waals surface area contributed by atoms with Crippen molar-refractivity contribution in [3.8, 4) is 5.75 Å². The Bertz CT molecular complexity index is 870. The van der Waals surface area contributed by atoms with E-state index in [0.29, 0.717) is 43.5 Å². The fraction of sp³-hybridized carbons (Fsp3) is 0.450. The van der Waals surface area contributed by atoms with Crippen molar-refractivity contribution in [2.75, 3.05) is 7.11 Å². The van der Waals surface area contributed by atoms with Gasteiger partial charge in [-0.25, -0.2) is 9.37 Å². The summed E-state index contributed by atoms with van der Waals surface area (Å²) in [5.41, 5.74) is 0.779. The molecule has 1 atom stereocenters. The maximum Gasteiger partial charge on any atom is 0.220 e. The lowest BCUT2D eigenvalue weighted by Crippen LogP contribution is -2.44. The number of aryl methyl sites for hydroxylation is 1. The van der Waals surface area contributed by atoms with Gasteiger partial charge in [0.2, 0.25) is 11.8 Å². The number of hydrogen-bond acceptors (Lipinski definition) is 5. The second kappa shape index (κ2) is 8.68. The van der Waals surface area contributed by atoms with Crippen LogP contribution < -0.4 is 15.4 Å². The van der Waals surface area contributed by atoms with Crippen LogP contribution >= 0.6 is 11.3 Å². The number of aromatic nitrogens is 1. The van der Waals surface area contributed by atoms with Gasteiger partial charge in [-0.3, -0.25) is 9.59 Å². The van der Waals surface area contributed by atoms with Gasteiger partial charge in [0.15, 0.2) is 0 Å². The van der Waals surface area contributed by atoms with E-state index in [1.54, 1.807) is 12.1 Å². The van der Waals surface area contributed by atoms with Crippen molar-refractivity contribution in [2.45, 2.75) is 51.1 Å². The Morgan fingerprint density at radius 3 is 2.93 bits per heavy atom. The summed E-state index contributed by atoms with van der Waals surface area (Å²) in [6.45, 7) is 2.30. The lowest BCUT2D eigenvalue weighted by molar-refractivity contribution is -0.122. The molecule has 1 aromatic heterocycles. The normalized spacial score (nSPS) is 18.8. The fourth-order valence-electron chi connectivity index (χ4n) is 3.46. The SMILES string of the molecule is COc1ccc(F)c(C[C@@]2(CCC(=O)NCc3nc(C)cs3)CCC(=O)N2)c1. The smallest absolute Gasteiger partial charge is 0.220 e. The summed E-state index contributed by atoms with van der Waals surface area (Å²) in [5.74, 6) is 0.0405. The van der Waals surface area contributed by atoms with Crippen molar-refractivity contribution in [1.82, 2.24) is 15.6 Å². The van der Waals surface area contributed by atoms with Crippen molar-refractivity contribution >= 4 is 23.2 Å². The Morgan fingerprint density at radius 1 is 1.46 bits per heavy atom. The number of methoxy groups -OCH3 is 1. The maximum atomic E-state index is 14.3. The highest BCUT2D eigenvalue weighted by atomic mass is 32.1. The molecular formula is C20H24FN3O3S. The molecule has 1 aromatic carbocycles. The van der Waals surface area contributed by atoms with Gasteiger partial charge in [0.1, 0.15) is 16.6 Å². The number of thiazole rings is 1. The number of ether oxygens (including phenoxy) is 1. The molecule has 0 bridgehead atoms. The molecule has 2 heterocycles. The third-order valence-electron chi connectivity index (χ3n) is 4.95. The van der Waals surface area contributed by atoms with Gasteiger partial charge >= 0.3 is 0 Å². The van der Waals surface area contributed by atoms with E-state index in [0.717, 1.165) is 10.7 Å². The first kappa shape index (κ1) is 20.3. The Labute approximate surface area is 167 Å². The first-order chi connectivity index (χ1) is 13.4.